The number of sulfonamides is 1. The third-order valence-electron chi connectivity index (χ3n) is 6.17. The lowest BCUT2D eigenvalue weighted by molar-refractivity contribution is -0.126. The Bertz CT molecular complexity index is 1210. The van der Waals surface area contributed by atoms with Gasteiger partial charge in [0.15, 0.2) is 0 Å². The first kappa shape index (κ1) is 22.4. The fraction of sp³-hybridized carbons (Fsp3) is 0.375. The van der Waals surface area contributed by atoms with Gasteiger partial charge >= 0.3 is 0 Å². The van der Waals surface area contributed by atoms with Crippen molar-refractivity contribution in [3.63, 3.8) is 0 Å². The van der Waals surface area contributed by atoms with E-state index in [1.807, 2.05) is 54.2 Å². The van der Waals surface area contributed by atoms with Gasteiger partial charge in [-0.15, -0.1) is 0 Å². The number of ether oxygens (including phenoxy) is 1. The zero-order chi connectivity index (χ0) is 22.7. The standard InChI is InChI=1S/C24H29N3O4S/c1-26-13-9-20-17-22(6-7-23(20)26)32(29,30)27-14-10-19(11-15-27)24(28)25-12-8-18-4-3-5-21(16-18)31-2/h3-7,9,13,16-17,19H,8,10-12,14-15H2,1-2H3,(H,25,28). The van der Waals surface area contributed by atoms with Gasteiger partial charge < -0.3 is 14.6 Å². The maximum Gasteiger partial charge on any atom is 0.243 e. The van der Waals surface area contributed by atoms with Crippen LogP contribution in [0.3, 0.4) is 0 Å². The number of piperidine rings is 1. The highest BCUT2D eigenvalue weighted by molar-refractivity contribution is 7.89. The number of amides is 1. The number of benzene rings is 2. The van der Waals surface area contributed by atoms with Gasteiger partial charge in [-0.1, -0.05) is 12.1 Å². The van der Waals surface area contributed by atoms with Crippen molar-refractivity contribution in [1.29, 1.82) is 0 Å². The number of rotatable bonds is 7. The van der Waals surface area contributed by atoms with Gasteiger partial charge in [-0.2, -0.15) is 4.31 Å². The molecular weight excluding hydrogens is 426 g/mol. The summed E-state index contributed by atoms with van der Waals surface area (Å²) in [5, 5.41) is 3.90. The van der Waals surface area contributed by atoms with Crippen LogP contribution in [0.4, 0.5) is 0 Å². The molecule has 3 aromatic rings. The monoisotopic (exact) mass is 455 g/mol. The second-order valence-corrected chi connectivity index (χ2v) is 10.2. The topological polar surface area (TPSA) is 80.6 Å². The van der Waals surface area contributed by atoms with Crippen LogP contribution in [0.15, 0.2) is 59.6 Å². The van der Waals surface area contributed by atoms with E-state index in [1.165, 1.54) is 4.31 Å². The van der Waals surface area contributed by atoms with Crippen molar-refractivity contribution in [2.24, 2.45) is 13.0 Å². The van der Waals surface area contributed by atoms with Crippen molar-refractivity contribution < 1.29 is 17.9 Å². The Morgan fingerprint density at radius 1 is 1.12 bits per heavy atom. The van der Waals surface area contributed by atoms with E-state index in [9.17, 15) is 13.2 Å². The lowest BCUT2D eigenvalue weighted by Crippen LogP contribution is -2.43. The Labute approximate surface area is 189 Å². The lowest BCUT2D eigenvalue weighted by atomic mass is 9.97. The van der Waals surface area contributed by atoms with Crippen LogP contribution in [0.5, 0.6) is 5.75 Å². The number of carbonyl (C=O) groups excluding carboxylic acids is 1. The molecule has 8 heteroatoms. The van der Waals surface area contributed by atoms with Crippen LogP contribution in [0.1, 0.15) is 18.4 Å². The van der Waals surface area contributed by atoms with Gasteiger partial charge in [0.25, 0.3) is 0 Å². The molecule has 0 unspecified atom stereocenters. The molecule has 32 heavy (non-hydrogen) atoms. The predicted octanol–water partition coefficient (Wildman–Crippen LogP) is 2.95. The largest absolute Gasteiger partial charge is 0.497 e. The van der Waals surface area contributed by atoms with Crippen LogP contribution in [0.25, 0.3) is 10.9 Å². The fourth-order valence-corrected chi connectivity index (χ4v) is 5.74. The van der Waals surface area contributed by atoms with Crippen molar-refractivity contribution in [1.82, 2.24) is 14.2 Å². The Hall–Kier alpha value is -2.84. The first-order valence-corrected chi connectivity index (χ1v) is 12.3. The van der Waals surface area contributed by atoms with E-state index in [2.05, 4.69) is 5.32 Å². The molecule has 0 spiro atoms. The third kappa shape index (κ3) is 4.66. The van der Waals surface area contributed by atoms with Crippen LogP contribution < -0.4 is 10.1 Å². The molecule has 0 saturated carbocycles. The molecule has 2 heterocycles. The Kier molecular flexibility index (Phi) is 6.53. The minimum atomic E-state index is -3.57. The van der Waals surface area contributed by atoms with Crippen molar-refractivity contribution in [2.45, 2.75) is 24.2 Å². The molecule has 1 saturated heterocycles. The van der Waals surface area contributed by atoms with E-state index in [0.29, 0.717) is 37.4 Å². The zero-order valence-electron chi connectivity index (χ0n) is 18.5. The van der Waals surface area contributed by atoms with E-state index in [4.69, 9.17) is 4.74 Å². The second-order valence-electron chi connectivity index (χ2n) is 8.22. The van der Waals surface area contributed by atoms with E-state index in [0.717, 1.165) is 28.6 Å². The molecule has 2 aromatic carbocycles. The number of nitrogens with one attached hydrogen (secondary N) is 1. The summed E-state index contributed by atoms with van der Waals surface area (Å²) in [6.45, 7) is 1.24. The highest BCUT2D eigenvalue weighted by atomic mass is 32.2. The van der Waals surface area contributed by atoms with Gasteiger partial charge in [-0.3, -0.25) is 4.79 Å². The fourth-order valence-electron chi connectivity index (χ4n) is 4.23. The Morgan fingerprint density at radius 3 is 2.66 bits per heavy atom. The zero-order valence-corrected chi connectivity index (χ0v) is 19.3. The SMILES string of the molecule is COc1cccc(CCNC(=O)C2CCN(S(=O)(=O)c3ccc4c(ccn4C)c3)CC2)c1. The molecule has 1 N–H and O–H groups in total. The van der Waals surface area contributed by atoms with Gasteiger partial charge in [-0.25, -0.2) is 8.42 Å². The van der Waals surface area contributed by atoms with Crippen LogP contribution in [0.2, 0.25) is 0 Å². The Morgan fingerprint density at radius 2 is 1.91 bits per heavy atom. The molecule has 1 amide bonds. The molecule has 7 nitrogen and oxygen atoms in total. The van der Waals surface area contributed by atoms with E-state index in [1.54, 1.807) is 19.2 Å². The minimum absolute atomic E-state index is 0.00403. The van der Waals surface area contributed by atoms with Crippen LogP contribution in [0, 0.1) is 5.92 Å². The second kappa shape index (κ2) is 9.34. The molecule has 1 aliphatic rings. The molecule has 0 aliphatic carbocycles. The van der Waals surface area contributed by atoms with Crippen LogP contribution in [-0.2, 0) is 28.3 Å². The molecule has 0 atom stereocenters. The number of methoxy groups -OCH3 is 1. The molecule has 170 valence electrons. The number of aryl methyl sites for hydroxylation is 1. The van der Waals surface area contributed by atoms with E-state index in [-0.39, 0.29) is 11.8 Å². The quantitative estimate of drug-likeness (QED) is 0.594. The summed E-state index contributed by atoms with van der Waals surface area (Å²) in [7, 11) is -0.00652. The maximum atomic E-state index is 13.1. The average Bonchev–Trinajstić information content (AvgIpc) is 3.19. The first-order valence-electron chi connectivity index (χ1n) is 10.8. The molecule has 1 fully saturated rings. The van der Waals surface area contributed by atoms with Crippen LogP contribution in [-0.4, -0.2) is 49.9 Å². The number of hydrogen-bond acceptors (Lipinski definition) is 4. The van der Waals surface area contributed by atoms with E-state index >= 15 is 0 Å². The number of hydrogen-bond donors (Lipinski definition) is 1. The van der Waals surface area contributed by atoms with Gasteiger partial charge in [0, 0.05) is 49.7 Å². The van der Waals surface area contributed by atoms with Crippen molar-refractivity contribution >= 4 is 26.8 Å². The smallest absolute Gasteiger partial charge is 0.243 e. The van der Waals surface area contributed by atoms with Crippen LogP contribution >= 0.6 is 0 Å². The minimum Gasteiger partial charge on any atom is -0.497 e. The average molecular weight is 456 g/mol. The summed E-state index contributed by atoms with van der Waals surface area (Å²) < 4.78 is 34.9. The van der Waals surface area contributed by atoms with Crippen molar-refractivity contribution in [2.75, 3.05) is 26.7 Å². The first-order chi connectivity index (χ1) is 15.4. The van der Waals surface area contributed by atoms with Crippen molar-refractivity contribution in [3.8, 4) is 5.75 Å². The summed E-state index contributed by atoms with van der Waals surface area (Å²) in [6.07, 6.45) is 3.69. The third-order valence-corrected chi connectivity index (χ3v) is 8.06. The maximum absolute atomic E-state index is 13.1. The summed E-state index contributed by atoms with van der Waals surface area (Å²) in [4.78, 5) is 12.9. The molecule has 4 rings (SSSR count). The van der Waals surface area contributed by atoms with Gasteiger partial charge in [0.05, 0.1) is 12.0 Å². The van der Waals surface area contributed by atoms with Gasteiger partial charge in [0.2, 0.25) is 15.9 Å². The number of aromatic nitrogens is 1. The molecule has 1 aromatic heterocycles. The summed E-state index contributed by atoms with van der Waals surface area (Å²) in [5.74, 6) is 0.632. The van der Waals surface area contributed by atoms with Crippen molar-refractivity contribution in [3.05, 3.63) is 60.3 Å². The normalized spacial score (nSPS) is 15.7. The highest BCUT2D eigenvalue weighted by Gasteiger charge is 2.32. The summed E-state index contributed by atoms with van der Waals surface area (Å²) >= 11 is 0. The summed E-state index contributed by atoms with van der Waals surface area (Å²) in [5.41, 5.74) is 2.09. The van der Waals surface area contributed by atoms with Gasteiger partial charge in [0.1, 0.15) is 5.75 Å². The number of nitrogens with zero attached hydrogens (tertiary/aromatic N) is 2. The molecule has 0 radical (unpaired) electrons. The predicted molar refractivity (Wildman–Crippen MR) is 124 cm³/mol. The van der Waals surface area contributed by atoms with Gasteiger partial charge in [-0.05, 0) is 61.2 Å². The summed E-state index contributed by atoms with van der Waals surface area (Å²) in [6, 6.07) is 14.9. The molecule has 0 bridgehead atoms. The lowest BCUT2D eigenvalue weighted by Gasteiger charge is -2.30. The Balaban J connectivity index is 1.31. The van der Waals surface area contributed by atoms with E-state index < -0.39 is 10.0 Å². The highest BCUT2D eigenvalue weighted by Crippen LogP contribution is 2.26. The number of carbonyl (C=O) groups is 1. The number of fused-ring (bicyclic) bond motifs is 1. The molecule has 1 aliphatic heterocycles. The molecular formula is C24H29N3O4S.